The van der Waals surface area contributed by atoms with Crippen LogP contribution in [0.4, 0.5) is 0 Å². The molecule has 0 aromatic heterocycles. The van der Waals surface area contributed by atoms with E-state index in [4.69, 9.17) is 14.2 Å². The highest BCUT2D eigenvalue weighted by Gasteiger charge is 2.24. The van der Waals surface area contributed by atoms with Crippen LogP contribution in [-0.2, 0) is 23.8 Å². The normalized spacial score (nSPS) is 18.1. The molecule has 0 bridgehead atoms. The summed E-state index contributed by atoms with van der Waals surface area (Å²) in [5.41, 5.74) is 0.863. The van der Waals surface area contributed by atoms with E-state index in [2.05, 4.69) is 6.58 Å². The molecule has 1 unspecified atom stereocenters. The van der Waals surface area contributed by atoms with Gasteiger partial charge in [0.05, 0.1) is 13.2 Å². The van der Waals surface area contributed by atoms with Gasteiger partial charge in [0.25, 0.3) is 0 Å². The van der Waals surface area contributed by atoms with Crippen LogP contribution in [0.3, 0.4) is 0 Å². The smallest absolute Gasteiger partial charge is 0.333 e. The Bertz CT molecular complexity index is 366. The van der Waals surface area contributed by atoms with Crippen molar-refractivity contribution < 1.29 is 23.8 Å². The fraction of sp³-hybridized carbons (Fsp3) is 0.538. The van der Waals surface area contributed by atoms with Gasteiger partial charge in [-0.2, -0.15) is 0 Å². The van der Waals surface area contributed by atoms with Crippen LogP contribution in [0.5, 0.6) is 0 Å². The number of carbonyl (C=O) groups is 2. The summed E-state index contributed by atoms with van der Waals surface area (Å²) >= 11 is 0. The van der Waals surface area contributed by atoms with Gasteiger partial charge in [0, 0.05) is 17.6 Å². The molecule has 100 valence electrons. The molecule has 0 saturated carbocycles. The van der Waals surface area contributed by atoms with E-state index in [9.17, 15) is 9.59 Å². The SMILES string of the molecule is C=C(C)C(=O)OCCC=C(C)C(=O)OCC1CO1. The predicted octanol–water partition coefficient (Wildman–Crippen LogP) is 1.38. The van der Waals surface area contributed by atoms with Gasteiger partial charge in [-0.3, -0.25) is 0 Å². The summed E-state index contributed by atoms with van der Waals surface area (Å²) in [7, 11) is 0. The second-order valence-corrected chi connectivity index (χ2v) is 4.15. The van der Waals surface area contributed by atoms with Gasteiger partial charge in [0.15, 0.2) is 0 Å². The third-order valence-electron chi connectivity index (χ3n) is 2.27. The van der Waals surface area contributed by atoms with Gasteiger partial charge in [0.1, 0.15) is 12.7 Å². The van der Waals surface area contributed by atoms with Crippen LogP contribution in [0.25, 0.3) is 0 Å². The Morgan fingerprint density at radius 3 is 2.56 bits per heavy atom. The zero-order chi connectivity index (χ0) is 13.5. The molecule has 1 aliphatic rings. The zero-order valence-corrected chi connectivity index (χ0v) is 10.7. The highest BCUT2D eigenvalue weighted by atomic mass is 16.6. The summed E-state index contributed by atoms with van der Waals surface area (Å²) in [6, 6.07) is 0. The first-order valence-electron chi connectivity index (χ1n) is 5.79. The Morgan fingerprint density at radius 2 is 2.00 bits per heavy atom. The Hall–Kier alpha value is -1.62. The molecule has 1 saturated heterocycles. The molecule has 0 radical (unpaired) electrons. The van der Waals surface area contributed by atoms with E-state index >= 15 is 0 Å². The third-order valence-corrected chi connectivity index (χ3v) is 2.27. The van der Waals surface area contributed by atoms with Crippen molar-refractivity contribution in [3.63, 3.8) is 0 Å². The molecule has 0 aliphatic carbocycles. The maximum absolute atomic E-state index is 11.4. The van der Waals surface area contributed by atoms with E-state index in [0.29, 0.717) is 30.8 Å². The van der Waals surface area contributed by atoms with Crippen molar-refractivity contribution in [3.05, 3.63) is 23.8 Å². The second-order valence-electron chi connectivity index (χ2n) is 4.15. The van der Waals surface area contributed by atoms with E-state index in [1.807, 2.05) is 0 Å². The molecule has 18 heavy (non-hydrogen) atoms. The number of hydrogen-bond acceptors (Lipinski definition) is 5. The van der Waals surface area contributed by atoms with E-state index in [0.717, 1.165) is 0 Å². The van der Waals surface area contributed by atoms with E-state index in [-0.39, 0.29) is 18.7 Å². The van der Waals surface area contributed by atoms with Crippen LogP contribution in [0.15, 0.2) is 23.8 Å². The molecule has 0 N–H and O–H groups in total. The standard InChI is InChI=1S/C13H18O5/c1-9(2)12(14)16-6-4-5-10(3)13(15)18-8-11-7-17-11/h5,11H,1,4,6-8H2,2-3H3. The van der Waals surface area contributed by atoms with Crippen molar-refractivity contribution in [2.24, 2.45) is 0 Å². The average molecular weight is 254 g/mol. The topological polar surface area (TPSA) is 65.1 Å². The Kier molecular flexibility index (Phi) is 5.58. The van der Waals surface area contributed by atoms with Crippen LogP contribution in [0.1, 0.15) is 20.3 Å². The molecule has 5 nitrogen and oxygen atoms in total. The van der Waals surface area contributed by atoms with Gasteiger partial charge in [-0.15, -0.1) is 0 Å². The predicted molar refractivity (Wildman–Crippen MR) is 64.8 cm³/mol. The lowest BCUT2D eigenvalue weighted by molar-refractivity contribution is -0.139. The van der Waals surface area contributed by atoms with Crippen molar-refractivity contribution in [1.29, 1.82) is 0 Å². The largest absolute Gasteiger partial charge is 0.462 e. The van der Waals surface area contributed by atoms with E-state index in [1.165, 1.54) is 0 Å². The first-order chi connectivity index (χ1) is 8.50. The number of ether oxygens (including phenoxy) is 3. The maximum Gasteiger partial charge on any atom is 0.333 e. The molecule has 0 aromatic rings. The minimum Gasteiger partial charge on any atom is -0.462 e. The van der Waals surface area contributed by atoms with Crippen LogP contribution in [-0.4, -0.2) is 37.9 Å². The Balaban J connectivity index is 2.17. The molecule has 1 rings (SSSR count). The second kappa shape index (κ2) is 6.96. The van der Waals surface area contributed by atoms with Gasteiger partial charge in [0.2, 0.25) is 0 Å². The lowest BCUT2D eigenvalue weighted by Crippen LogP contribution is -2.11. The van der Waals surface area contributed by atoms with Crippen LogP contribution in [0, 0.1) is 0 Å². The lowest BCUT2D eigenvalue weighted by Gasteiger charge is -2.04. The molecule has 0 spiro atoms. The third kappa shape index (κ3) is 5.63. The van der Waals surface area contributed by atoms with Gasteiger partial charge < -0.3 is 14.2 Å². The highest BCUT2D eigenvalue weighted by Crippen LogP contribution is 2.10. The molecule has 0 aromatic carbocycles. The number of hydrogen-bond donors (Lipinski definition) is 0. The molecular formula is C13H18O5. The van der Waals surface area contributed by atoms with Crippen molar-refractivity contribution >= 4 is 11.9 Å². The van der Waals surface area contributed by atoms with Gasteiger partial charge >= 0.3 is 11.9 Å². The Labute approximate surface area is 106 Å². The summed E-state index contributed by atoms with van der Waals surface area (Å²) in [6.07, 6.45) is 2.22. The fourth-order valence-corrected chi connectivity index (χ4v) is 1.08. The fourth-order valence-electron chi connectivity index (χ4n) is 1.08. The van der Waals surface area contributed by atoms with Gasteiger partial charge in [-0.1, -0.05) is 12.7 Å². The summed E-state index contributed by atoms with van der Waals surface area (Å²) in [5.74, 6) is -0.786. The molecule has 5 heteroatoms. The van der Waals surface area contributed by atoms with E-state index in [1.54, 1.807) is 19.9 Å². The summed E-state index contributed by atoms with van der Waals surface area (Å²) in [5, 5.41) is 0. The van der Waals surface area contributed by atoms with Crippen LogP contribution < -0.4 is 0 Å². The lowest BCUT2D eigenvalue weighted by atomic mass is 10.2. The maximum atomic E-state index is 11.4. The summed E-state index contributed by atoms with van der Waals surface area (Å²) in [6.45, 7) is 7.90. The molecule has 1 fully saturated rings. The molecule has 0 amide bonds. The van der Waals surface area contributed by atoms with E-state index < -0.39 is 5.97 Å². The Morgan fingerprint density at radius 1 is 1.33 bits per heavy atom. The molecule has 1 heterocycles. The zero-order valence-electron chi connectivity index (χ0n) is 10.7. The monoisotopic (exact) mass is 254 g/mol. The van der Waals surface area contributed by atoms with Crippen molar-refractivity contribution in [2.45, 2.75) is 26.4 Å². The summed E-state index contributed by atoms with van der Waals surface area (Å²) in [4.78, 5) is 22.5. The first kappa shape index (κ1) is 14.4. The summed E-state index contributed by atoms with van der Waals surface area (Å²) < 4.78 is 14.8. The number of carbonyl (C=O) groups excluding carboxylic acids is 2. The molecule has 1 atom stereocenters. The highest BCUT2D eigenvalue weighted by molar-refractivity contribution is 5.88. The van der Waals surface area contributed by atoms with Gasteiger partial charge in [-0.25, -0.2) is 9.59 Å². The van der Waals surface area contributed by atoms with Crippen molar-refractivity contribution in [3.8, 4) is 0 Å². The minimum atomic E-state index is -0.422. The average Bonchev–Trinajstić information content (AvgIpc) is 3.14. The van der Waals surface area contributed by atoms with Crippen molar-refractivity contribution in [2.75, 3.05) is 19.8 Å². The minimum absolute atomic E-state index is 0.0678. The molecule has 1 aliphatic heterocycles. The van der Waals surface area contributed by atoms with Crippen molar-refractivity contribution in [1.82, 2.24) is 0 Å². The number of esters is 2. The van der Waals surface area contributed by atoms with Gasteiger partial charge in [-0.05, 0) is 13.8 Å². The quantitative estimate of drug-likeness (QED) is 0.297. The van der Waals surface area contributed by atoms with Crippen LogP contribution >= 0.6 is 0 Å². The number of rotatable bonds is 7. The molecular weight excluding hydrogens is 236 g/mol. The first-order valence-corrected chi connectivity index (χ1v) is 5.79. The number of epoxide rings is 1. The van der Waals surface area contributed by atoms with Crippen LogP contribution in [0.2, 0.25) is 0 Å².